The summed E-state index contributed by atoms with van der Waals surface area (Å²) in [7, 11) is 0. The van der Waals surface area contributed by atoms with Gasteiger partial charge < -0.3 is 4.90 Å². The van der Waals surface area contributed by atoms with Gasteiger partial charge in [-0.3, -0.25) is 9.48 Å². The minimum absolute atomic E-state index is 0.0212. The Hall–Kier alpha value is -1.58. The van der Waals surface area contributed by atoms with Crippen LogP contribution in [0.2, 0.25) is 0 Å². The van der Waals surface area contributed by atoms with Crippen LogP contribution < -0.4 is 0 Å². The first kappa shape index (κ1) is 13.8. The molecular weight excluding hydrogens is 238 g/mol. The van der Waals surface area contributed by atoms with E-state index in [1.807, 2.05) is 15.8 Å². The van der Waals surface area contributed by atoms with Crippen molar-refractivity contribution in [2.45, 2.75) is 45.1 Å². The van der Waals surface area contributed by atoms with E-state index in [2.05, 4.69) is 38.6 Å². The summed E-state index contributed by atoms with van der Waals surface area (Å²) in [5, 5.41) is 4.48. The molecule has 0 aromatic carbocycles. The topological polar surface area (TPSA) is 38.1 Å². The third-order valence-corrected chi connectivity index (χ3v) is 3.72. The van der Waals surface area contributed by atoms with E-state index < -0.39 is 0 Å². The number of rotatable bonds is 2. The smallest absolute Gasteiger partial charge is 0.246 e. The van der Waals surface area contributed by atoms with Crippen molar-refractivity contribution in [1.82, 2.24) is 14.7 Å². The van der Waals surface area contributed by atoms with Crippen molar-refractivity contribution < 1.29 is 4.79 Å². The van der Waals surface area contributed by atoms with E-state index in [0.29, 0.717) is 0 Å². The fourth-order valence-electron chi connectivity index (χ4n) is 2.42. The fourth-order valence-corrected chi connectivity index (χ4v) is 2.42. The van der Waals surface area contributed by atoms with E-state index in [9.17, 15) is 4.79 Å². The Kier molecular flexibility index (Phi) is 3.78. The molecule has 0 bridgehead atoms. The first-order valence-corrected chi connectivity index (χ1v) is 6.88. The number of piperidine rings is 1. The van der Waals surface area contributed by atoms with E-state index in [0.717, 1.165) is 25.9 Å². The molecule has 1 aliphatic rings. The highest BCUT2D eigenvalue weighted by Crippen LogP contribution is 2.25. The normalized spacial score (nSPS) is 20.4. The van der Waals surface area contributed by atoms with Crippen LogP contribution >= 0.6 is 0 Å². The van der Waals surface area contributed by atoms with Gasteiger partial charge in [0.05, 0.1) is 12.2 Å². The van der Waals surface area contributed by atoms with Gasteiger partial charge >= 0.3 is 0 Å². The lowest BCUT2D eigenvalue weighted by Gasteiger charge is -2.32. The van der Waals surface area contributed by atoms with Gasteiger partial charge in [0.15, 0.2) is 0 Å². The molecule has 1 aromatic rings. The molecule has 1 aliphatic heterocycles. The van der Waals surface area contributed by atoms with E-state index in [-0.39, 0.29) is 17.4 Å². The summed E-state index contributed by atoms with van der Waals surface area (Å²) in [6, 6.07) is 0.286. The number of hydrogen-bond acceptors (Lipinski definition) is 2. The van der Waals surface area contributed by atoms with Gasteiger partial charge in [0, 0.05) is 19.3 Å². The number of likely N-dealkylation sites (tertiary alicyclic amines) is 1. The largest absolute Gasteiger partial charge is 0.337 e. The number of nitrogens with zero attached hydrogens (tertiary/aromatic N) is 3. The molecule has 104 valence electrons. The molecule has 1 fully saturated rings. The Bertz CT molecular complexity index is 470. The molecule has 4 heteroatoms. The lowest BCUT2D eigenvalue weighted by molar-refractivity contribution is -0.127. The molecule has 1 amide bonds. The second-order valence-electron chi connectivity index (χ2n) is 6.24. The predicted molar refractivity (Wildman–Crippen MR) is 76.0 cm³/mol. The van der Waals surface area contributed by atoms with Crippen LogP contribution in [-0.4, -0.2) is 33.7 Å². The first-order valence-electron chi connectivity index (χ1n) is 6.88. The molecule has 1 unspecified atom stereocenters. The van der Waals surface area contributed by atoms with Crippen LogP contribution in [0.4, 0.5) is 0 Å². The van der Waals surface area contributed by atoms with Crippen LogP contribution in [0.15, 0.2) is 25.0 Å². The fraction of sp³-hybridized carbons (Fsp3) is 0.600. The molecule has 4 nitrogen and oxygen atoms in total. The lowest BCUT2D eigenvalue weighted by atomic mass is 9.90. The Labute approximate surface area is 115 Å². The molecule has 1 atom stereocenters. The average molecular weight is 261 g/mol. The van der Waals surface area contributed by atoms with E-state index in [1.165, 1.54) is 11.6 Å². The standard InChI is InChI=1S/C15H23N3O/c1-5-14(19)17-8-6-7-13(11-17)18-10-12(9-16-18)15(2,3)4/h5,9-10,13H,1,6-8,11H2,2-4H3. The Balaban J connectivity index is 2.11. The minimum atomic E-state index is 0.0212. The number of hydrogen-bond donors (Lipinski definition) is 0. The molecular formula is C15H23N3O. The van der Waals surface area contributed by atoms with Crippen LogP contribution in [0.5, 0.6) is 0 Å². The summed E-state index contributed by atoms with van der Waals surface area (Å²) in [5.41, 5.74) is 1.35. The maximum absolute atomic E-state index is 11.7. The molecule has 2 rings (SSSR count). The predicted octanol–water partition coefficient (Wildman–Crippen LogP) is 2.53. The van der Waals surface area contributed by atoms with E-state index in [1.54, 1.807) is 0 Å². The van der Waals surface area contributed by atoms with Gasteiger partial charge in [0.25, 0.3) is 0 Å². The molecule has 1 saturated heterocycles. The van der Waals surface area contributed by atoms with E-state index >= 15 is 0 Å². The van der Waals surface area contributed by atoms with Crippen LogP contribution in [0.25, 0.3) is 0 Å². The molecule has 2 heterocycles. The third kappa shape index (κ3) is 3.06. The van der Waals surface area contributed by atoms with Crippen molar-refractivity contribution in [2.24, 2.45) is 0 Å². The van der Waals surface area contributed by atoms with E-state index in [4.69, 9.17) is 0 Å². The van der Waals surface area contributed by atoms with Crippen molar-refractivity contribution in [3.05, 3.63) is 30.6 Å². The molecule has 1 aromatic heterocycles. The van der Waals surface area contributed by atoms with Gasteiger partial charge in [-0.15, -0.1) is 0 Å². The highest BCUT2D eigenvalue weighted by molar-refractivity contribution is 5.87. The zero-order valence-electron chi connectivity index (χ0n) is 12.1. The van der Waals surface area contributed by atoms with Crippen molar-refractivity contribution in [3.8, 4) is 0 Å². The summed E-state index contributed by atoms with van der Waals surface area (Å²) in [4.78, 5) is 13.5. The highest BCUT2D eigenvalue weighted by atomic mass is 16.2. The maximum atomic E-state index is 11.7. The van der Waals surface area contributed by atoms with Crippen LogP contribution in [0.3, 0.4) is 0 Å². The molecule has 19 heavy (non-hydrogen) atoms. The van der Waals surface area contributed by atoms with Gasteiger partial charge in [0.1, 0.15) is 0 Å². The summed E-state index contributed by atoms with van der Waals surface area (Å²) in [5.74, 6) is 0.0212. The zero-order valence-corrected chi connectivity index (χ0v) is 12.1. The monoisotopic (exact) mass is 261 g/mol. The van der Waals surface area contributed by atoms with Crippen LogP contribution in [0, 0.1) is 0 Å². The lowest BCUT2D eigenvalue weighted by Crippen LogP contribution is -2.39. The van der Waals surface area contributed by atoms with Crippen LogP contribution in [-0.2, 0) is 10.2 Å². The van der Waals surface area contributed by atoms with Gasteiger partial charge in [-0.2, -0.15) is 5.10 Å². The maximum Gasteiger partial charge on any atom is 0.246 e. The summed E-state index contributed by atoms with van der Waals surface area (Å²) in [6.07, 6.45) is 7.55. The van der Waals surface area contributed by atoms with Crippen molar-refractivity contribution >= 4 is 5.91 Å². The average Bonchev–Trinajstić information content (AvgIpc) is 2.87. The first-order chi connectivity index (χ1) is 8.91. The molecule has 0 saturated carbocycles. The molecule has 0 radical (unpaired) electrons. The number of amides is 1. The van der Waals surface area contributed by atoms with Crippen molar-refractivity contribution in [1.29, 1.82) is 0 Å². The second-order valence-corrected chi connectivity index (χ2v) is 6.24. The van der Waals surface area contributed by atoms with Crippen molar-refractivity contribution in [2.75, 3.05) is 13.1 Å². The van der Waals surface area contributed by atoms with Gasteiger partial charge in [-0.25, -0.2) is 0 Å². The quantitative estimate of drug-likeness (QED) is 0.767. The van der Waals surface area contributed by atoms with Gasteiger partial charge in [-0.05, 0) is 29.9 Å². The number of aromatic nitrogens is 2. The highest BCUT2D eigenvalue weighted by Gasteiger charge is 2.25. The third-order valence-electron chi connectivity index (χ3n) is 3.72. The van der Waals surface area contributed by atoms with Crippen LogP contribution in [0.1, 0.15) is 45.2 Å². The number of carbonyl (C=O) groups excluding carboxylic acids is 1. The number of carbonyl (C=O) groups is 1. The Morgan fingerprint density at radius 3 is 2.84 bits per heavy atom. The molecule has 0 spiro atoms. The second kappa shape index (κ2) is 5.19. The summed E-state index contributed by atoms with van der Waals surface area (Å²) >= 11 is 0. The minimum Gasteiger partial charge on any atom is -0.337 e. The van der Waals surface area contributed by atoms with Crippen molar-refractivity contribution in [3.63, 3.8) is 0 Å². The van der Waals surface area contributed by atoms with Gasteiger partial charge in [0.2, 0.25) is 5.91 Å². The Morgan fingerprint density at radius 1 is 1.53 bits per heavy atom. The summed E-state index contributed by atoms with van der Waals surface area (Å²) in [6.45, 7) is 11.7. The Morgan fingerprint density at radius 2 is 2.26 bits per heavy atom. The SMILES string of the molecule is C=CC(=O)N1CCCC(n2cc(C(C)(C)C)cn2)C1. The van der Waals surface area contributed by atoms with Gasteiger partial charge in [-0.1, -0.05) is 27.4 Å². The molecule has 0 aliphatic carbocycles. The zero-order chi connectivity index (χ0) is 14.0. The molecule has 0 N–H and O–H groups in total. The summed E-state index contributed by atoms with van der Waals surface area (Å²) < 4.78 is 2.02.